The van der Waals surface area contributed by atoms with Crippen LogP contribution < -0.4 is 0 Å². The Morgan fingerprint density at radius 2 is 0.818 bits per heavy atom. The Balaban J connectivity index is 0.000000152. The monoisotopic (exact) mass is 500 g/mol. The van der Waals surface area contributed by atoms with Crippen LogP contribution in [0.1, 0.15) is 11.1 Å². The summed E-state index contributed by atoms with van der Waals surface area (Å²) in [5.74, 6) is 0. The fraction of sp³-hybridized carbons (Fsp3) is 0.0625. The Morgan fingerprint density at radius 3 is 1.21 bits per heavy atom. The van der Waals surface area contributed by atoms with Crippen LogP contribution >= 0.6 is 0 Å². The fourth-order valence-corrected chi connectivity index (χ4v) is 4.41. The van der Waals surface area contributed by atoms with Gasteiger partial charge in [0.1, 0.15) is 0 Å². The van der Waals surface area contributed by atoms with E-state index in [4.69, 9.17) is 0 Å². The van der Waals surface area contributed by atoms with Crippen LogP contribution in [0.5, 0.6) is 0 Å². The summed E-state index contributed by atoms with van der Waals surface area (Å²) in [6.45, 7) is 4.32. The standard InChI is InChI=1S/2C16H13.Zr/c2*1-12-6-2-5-9-16(12)15-10-13-7-3-4-8-14(13)11-15;/h2*2-11H,1H3;/q2*-1;+2. The van der Waals surface area contributed by atoms with E-state index in [2.05, 4.69) is 135 Å². The van der Waals surface area contributed by atoms with Crippen molar-refractivity contribution >= 4 is 21.5 Å². The zero-order valence-corrected chi connectivity index (χ0v) is 21.5. The minimum absolute atomic E-state index is 0. The van der Waals surface area contributed by atoms with Gasteiger partial charge in [-0.25, -0.2) is 0 Å². The van der Waals surface area contributed by atoms with E-state index < -0.39 is 0 Å². The van der Waals surface area contributed by atoms with E-state index in [1.165, 1.54) is 54.9 Å². The second-order valence-corrected chi connectivity index (χ2v) is 8.38. The number of hydrogen-bond donors (Lipinski definition) is 0. The summed E-state index contributed by atoms with van der Waals surface area (Å²) in [5.41, 5.74) is 7.96. The zero-order valence-electron chi connectivity index (χ0n) is 19.0. The van der Waals surface area contributed by atoms with Gasteiger partial charge in [0.05, 0.1) is 0 Å². The first-order valence-electron chi connectivity index (χ1n) is 11.1. The second-order valence-electron chi connectivity index (χ2n) is 8.38. The molecule has 6 rings (SSSR count). The van der Waals surface area contributed by atoms with Gasteiger partial charge in [-0.3, -0.25) is 0 Å². The van der Waals surface area contributed by atoms with Crippen molar-refractivity contribution in [2.45, 2.75) is 13.8 Å². The summed E-state index contributed by atoms with van der Waals surface area (Å²) >= 11 is 0. The van der Waals surface area contributed by atoms with Crippen LogP contribution in [-0.2, 0) is 26.2 Å². The maximum Gasteiger partial charge on any atom is 2.00 e. The van der Waals surface area contributed by atoms with Gasteiger partial charge in [0.2, 0.25) is 0 Å². The molecule has 1 heteroatoms. The van der Waals surface area contributed by atoms with Gasteiger partial charge in [0, 0.05) is 0 Å². The minimum Gasteiger partial charge on any atom is -0.145 e. The average molecular weight is 502 g/mol. The molecule has 0 nitrogen and oxygen atoms in total. The van der Waals surface area contributed by atoms with E-state index in [0.717, 1.165) is 0 Å². The Bertz CT molecular complexity index is 1310. The Labute approximate surface area is 215 Å². The first-order chi connectivity index (χ1) is 15.7. The molecule has 0 fully saturated rings. The summed E-state index contributed by atoms with van der Waals surface area (Å²) in [6.07, 6.45) is 0. The summed E-state index contributed by atoms with van der Waals surface area (Å²) in [6, 6.07) is 43.1. The van der Waals surface area contributed by atoms with E-state index in [1.54, 1.807) is 0 Å². The van der Waals surface area contributed by atoms with Crippen molar-refractivity contribution in [2.75, 3.05) is 0 Å². The van der Waals surface area contributed by atoms with Crippen molar-refractivity contribution in [1.82, 2.24) is 0 Å². The summed E-state index contributed by atoms with van der Waals surface area (Å²) < 4.78 is 0. The van der Waals surface area contributed by atoms with Crippen LogP contribution in [0.4, 0.5) is 0 Å². The third kappa shape index (κ3) is 5.00. The van der Waals surface area contributed by atoms with Crippen molar-refractivity contribution in [3.63, 3.8) is 0 Å². The van der Waals surface area contributed by atoms with Crippen molar-refractivity contribution in [2.24, 2.45) is 0 Å². The van der Waals surface area contributed by atoms with E-state index in [9.17, 15) is 0 Å². The molecule has 0 unspecified atom stereocenters. The van der Waals surface area contributed by atoms with Crippen LogP contribution in [0.25, 0.3) is 43.8 Å². The maximum atomic E-state index is 2.26. The Kier molecular flexibility index (Phi) is 7.21. The van der Waals surface area contributed by atoms with Crippen LogP contribution in [0.3, 0.4) is 0 Å². The molecule has 33 heavy (non-hydrogen) atoms. The van der Waals surface area contributed by atoms with E-state index in [0.29, 0.717) is 0 Å². The molecule has 0 bridgehead atoms. The molecule has 0 aliphatic heterocycles. The molecule has 6 aromatic rings. The van der Waals surface area contributed by atoms with Crippen molar-refractivity contribution in [3.8, 4) is 22.3 Å². The largest absolute Gasteiger partial charge is 2.00 e. The number of hydrogen-bond acceptors (Lipinski definition) is 0. The maximum absolute atomic E-state index is 2.26. The first kappa shape index (κ1) is 23.2. The smallest absolute Gasteiger partial charge is 0.145 e. The average Bonchev–Trinajstić information content (AvgIpc) is 3.44. The number of rotatable bonds is 2. The van der Waals surface area contributed by atoms with E-state index >= 15 is 0 Å². The predicted octanol–water partition coefficient (Wildman–Crippen LogP) is 9.07. The van der Waals surface area contributed by atoms with Gasteiger partial charge in [-0.2, -0.15) is 0 Å². The zero-order chi connectivity index (χ0) is 21.9. The fourth-order valence-electron chi connectivity index (χ4n) is 4.41. The SMILES string of the molecule is Cc1ccccc1-c1cc2ccccc2[cH-]1.Cc1ccccc1-c1cc2ccccc2[cH-]1.[Zr+2]. The quantitative estimate of drug-likeness (QED) is 0.208. The molecule has 0 spiro atoms. The molecule has 0 aromatic heterocycles. The van der Waals surface area contributed by atoms with Crippen molar-refractivity contribution in [1.29, 1.82) is 0 Å². The molecule has 0 saturated heterocycles. The topological polar surface area (TPSA) is 0 Å². The molecule has 0 aliphatic rings. The molecule has 6 aromatic carbocycles. The van der Waals surface area contributed by atoms with Crippen molar-refractivity contribution in [3.05, 3.63) is 132 Å². The molecule has 0 saturated carbocycles. The van der Waals surface area contributed by atoms with Gasteiger partial charge in [-0.15, -0.1) is 69.1 Å². The van der Waals surface area contributed by atoms with Crippen LogP contribution in [0, 0.1) is 13.8 Å². The third-order valence-electron chi connectivity index (χ3n) is 6.15. The third-order valence-corrected chi connectivity index (χ3v) is 6.15. The molecule has 0 atom stereocenters. The second kappa shape index (κ2) is 10.3. The molecule has 158 valence electrons. The first-order valence-corrected chi connectivity index (χ1v) is 11.1. The van der Waals surface area contributed by atoms with Gasteiger partial charge >= 0.3 is 26.2 Å². The van der Waals surface area contributed by atoms with Gasteiger partial charge in [0.25, 0.3) is 0 Å². The summed E-state index contributed by atoms with van der Waals surface area (Å²) in [5, 5.41) is 5.28. The van der Waals surface area contributed by atoms with E-state index in [1.807, 2.05) is 0 Å². The van der Waals surface area contributed by atoms with Gasteiger partial charge in [-0.1, -0.05) is 107 Å². The Hall–Kier alpha value is -3.02. The molecule has 0 N–H and O–H groups in total. The minimum atomic E-state index is 0. The van der Waals surface area contributed by atoms with Gasteiger partial charge in [0.15, 0.2) is 0 Å². The summed E-state index contributed by atoms with van der Waals surface area (Å²) in [4.78, 5) is 0. The molecular formula is C32H26Zr. The Morgan fingerprint density at radius 1 is 0.455 bits per heavy atom. The molecule has 0 heterocycles. The number of benzene rings is 4. The normalized spacial score (nSPS) is 10.5. The number of aryl methyl sites for hydroxylation is 2. The van der Waals surface area contributed by atoms with Crippen LogP contribution in [0.15, 0.2) is 121 Å². The molecule has 0 radical (unpaired) electrons. The van der Waals surface area contributed by atoms with Crippen LogP contribution in [0.2, 0.25) is 0 Å². The van der Waals surface area contributed by atoms with Crippen LogP contribution in [-0.4, -0.2) is 0 Å². The molecular weight excluding hydrogens is 476 g/mol. The van der Waals surface area contributed by atoms with Crippen molar-refractivity contribution < 1.29 is 26.2 Å². The molecule has 0 aliphatic carbocycles. The van der Waals surface area contributed by atoms with Gasteiger partial charge in [-0.05, 0) is 13.8 Å². The van der Waals surface area contributed by atoms with E-state index in [-0.39, 0.29) is 26.2 Å². The number of fused-ring (bicyclic) bond motifs is 2. The molecule has 0 amide bonds. The summed E-state index contributed by atoms with van der Waals surface area (Å²) in [7, 11) is 0. The predicted molar refractivity (Wildman–Crippen MR) is 139 cm³/mol. The van der Waals surface area contributed by atoms with Gasteiger partial charge < -0.3 is 0 Å².